The van der Waals surface area contributed by atoms with Crippen molar-refractivity contribution in [2.24, 2.45) is 0 Å². The molecule has 3 aromatic heterocycles. The lowest BCUT2D eigenvalue weighted by Crippen LogP contribution is -2.46. The smallest absolute Gasteiger partial charge is 0.230 e. The Morgan fingerprint density at radius 2 is 1.97 bits per heavy atom. The minimum absolute atomic E-state index is 0.178. The number of rotatable bonds is 5. The van der Waals surface area contributed by atoms with Crippen LogP contribution in [-0.2, 0) is 22.5 Å². The Morgan fingerprint density at radius 3 is 2.74 bits per heavy atom. The average molecular weight is 484 g/mol. The van der Waals surface area contributed by atoms with Crippen LogP contribution in [0.4, 0.5) is 17.5 Å². The van der Waals surface area contributed by atoms with Crippen LogP contribution in [0.15, 0.2) is 12.4 Å². The quantitative estimate of drug-likeness (QED) is 0.500. The van der Waals surface area contributed by atoms with Gasteiger partial charge in [0.2, 0.25) is 5.95 Å². The first-order valence-corrected chi connectivity index (χ1v) is 13.2. The van der Waals surface area contributed by atoms with Crippen molar-refractivity contribution in [1.82, 2.24) is 25.1 Å². The van der Waals surface area contributed by atoms with E-state index in [-0.39, 0.29) is 5.60 Å². The Labute approximate surface area is 203 Å². The van der Waals surface area contributed by atoms with Gasteiger partial charge in [-0.2, -0.15) is 10.1 Å². The number of anilines is 3. The molecular formula is C24H33N7O2S. The molecule has 34 heavy (non-hydrogen) atoms. The van der Waals surface area contributed by atoms with Crippen molar-refractivity contribution in [3.05, 3.63) is 22.8 Å². The third kappa shape index (κ3) is 4.51. The lowest BCUT2D eigenvalue weighted by Gasteiger charge is -2.39. The van der Waals surface area contributed by atoms with Crippen molar-refractivity contribution in [3.63, 3.8) is 0 Å². The molecule has 0 atom stereocenters. The van der Waals surface area contributed by atoms with Gasteiger partial charge < -0.3 is 20.1 Å². The Hall–Kier alpha value is -2.27. The Morgan fingerprint density at radius 1 is 1.15 bits per heavy atom. The summed E-state index contributed by atoms with van der Waals surface area (Å²) in [5.41, 5.74) is 2.01. The van der Waals surface area contributed by atoms with E-state index in [0.717, 1.165) is 61.9 Å². The van der Waals surface area contributed by atoms with Crippen LogP contribution in [0.1, 0.15) is 50.0 Å². The normalized spacial score (nSPS) is 25.2. The number of ether oxygens (including phenoxy) is 2. The van der Waals surface area contributed by atoms with Gasteiger partial charge in [-0.25, -0.2) is 4.98 Å². The fraction of sp³-hybridized carbons (Fsp3) is 0.625. The van der Waals surface area contributed by atoms with E-state index in [1.54, 1.807) is 17.5 Å². The number of hydrogen-bond acceptors (Lipinski definition) is 9. The molecule has 0 unspecified atom stereocenters. The third-order valence-corrected chi connectivity index (χ3v) is 8.38. The van der Waals surface area contributed by atoms with Crippen molar-refractivity contribution in [2.75, 3.05) is 36.9 Å². The van der Waals surface area contributed by atoms with E-state index in [1.807, 2.05) is 6.20 Å². The molecule has 0 spiro atoms. The second-order valence-corrected chi connectivity index (χ2v) is 11.3. The maximum Gasteiger partial charge on any atom is 0.230 e. The van der Waals surface area contributed by atoms with Gasteiger partial charge in [-0.3, -0.25) is 10.00 Å². The lowest BCUT2D eigenvalue weighted by molar-refractivity contribution is -0.0379. The van der Waals surface area contributed by atoms with E-state index in [9.17, 15) is 0 Å². The summed E-state index contributed by atoms with van der Waals surface area (Å²) in [5.74, 6) is 1.54. The van der Waals surface area contributed by atoms with E-state index >= 15 is 0 Å². The van der Waals surface area contributed by atoms with Crippen LogP contribution in [0.2, 0.25) is 0 Å². The largest absolute Gasteiger partial charge is 0.379 e. The Balaban J connectivity index is 1.27. The molecule has 1 saturated heterocycles. The fourth-order valence-corrected chi connectivity index (χ4v) is 6.58. The highest BCUT2D eigenvalue weighted by molar-refractivity contribution is 7.19. The van der Waals surface area contributed by atoms with Gasteiger partial charge in [0.25, 0.3) is 0 Å². The summed E-state index contributed by atoms with van der Waals surface area (Å²) in [6.45, 7) is 8.83. The number of hydrogen-bond donors (Lipinski definition) is 3. The molecule has 0 aromatic carbocycles. The predicted octanol–water partition coefficient (Wildman–Crippen LogP) is 4.06. The topological polar surface area (TPSA) is 100 Å². The summed E-state index contributed by atoms with van der Waals surface area (Å²) < 4.78 is 11.6. The van der Waals surface area contributed by atoms with Crippen molar-refractivity contribution in [1.29, 1.82) is 0 Å². The molecule has 5 heterocycles. The molecule has 1 saturated carbocycles. The van der Waals surface area contributed by atoms with Crippen molar-refractivity contribution < 1.29 is 9.47 Å². The van der Waals surface area contributed by atoms with Crippen LogP contribution in [0, 0.1) is 0 Å². The zero-order chi connectivity index (χ0) is 23.1. The zero-order valence-corrected chi connectivity index (χ0v) is 20.7. The summed E-state index contributed by atoms with van der Waals surface area (Å²) in [7, 11) is 0. The number of aromatic amines is 1. The first-order chi connectivity index (χ1) is 16.5. The molecule has 182 valence electrons. The summed E-state index contributed by atoms with van der Waals surface area (Å²) in [6.07, 6.45) is 9.16. The monoisotopic (exact) mass is 483 g/mol. The number of nitrogens with one attached hydrogen (secondary N) is 3. The molecule has 3 N–H and O–H groups in total. The van der Waals surface area contributed by atoms with Gasteiger partial charge in [0.1, 0.15) is 10.6 Å². The summed E-state index contributed by atoms with van der Waals surface area (Å²) in [4.78, 5) is 14.7. The Bertz CT molecular complexity index is 1130. The number of fused-ring (bicyclic) bond motifs is 3. The molecule has 2 aliphatic heterocycles. The van der Waals surface area contributed by atoms with Gasteiger partial charge >= 0.3 is 0 Å². The molecule has 1 aliphatic carbocycles. The molecule has 0 radical (unpaired) electrons. The maximum absolute atomic E-state index is 6.10. The number of nitrogens with zero attached hydrogens (tertiary/aromatic N) is 4. The van der Waals surface area contributed by atoms with Gasteiger partial charge in [0.05, 0.1) is 42.7 Å². The highest BCUT2D eigenvalue weighted by atomic mass is 32.1. The van der Waals surface area contributed by atoms with Crippen LogP contribution in [0.3, 0.4) is 0 Å². The molecule has 10 heteroatoms. The van der Waals surface area contributed by atoms with Gasteiger partial charge in [-0.15, -0.1) is 11.3 Å². The van der Waals surface area contributed by atoms with Gasteiger partial charge in [-0.05, 0) is 45.1 Å². The minimum atomic E-state index is -0.178. The summed E-state index contributed by atoms with van der Waals surface area (Å²) in [5, 5.41) is 15.2. The van der Waals surface area contributed by atoms with Crippen LogP contribution >= 0.6 is 11.3 Å². The van der Waals surface area contributed by atoms with Gasteiger partial charge in [-0.1, -0.05) is 0 Å². The molecule has 6 rings (SSSR count). The summed E-state index contributed by atoms with van der Waals surface area (Å²) in [6, 6.07) is 1.10. The maximum atomic E-state index is 6.10. The Kier molecular flexibility index (Phi) is 5.92. The van der Waals surface area contributed by atoms with Crippen LogP contribution in [-0.4, -0.2) is 69.1 Å². The molecule has 2 fully saturated rings. The second kappa shape index (κ2) is 9.07. The highest BCUT2D eigenvalue weighted by Crippen LogP contribution is 2.42. The van der Waals surface area contributed by atoms with Gasteiger partial charge in [0.15, 0.2) is 0 Å². The zero-order valence-electron chi connectivity index (χ0n) is 19.9. The van der Waals surface area contributed by atoms with Crippen molar-refractivity contribution in [3.8, 4) is 0 Å². The first-order valence-electron chi connectivity index (χ1n) is 12.3. The number of H-pyrrole nitrogens is 1. The SMILES string of the molecule is CC1(C)Cc2c(sc3nc(Nc4cn[nH]c4)nc(NC4CCC(N5CCOCC5)CC4)c23)CO1. The number of aromatic nitrogens is 4. The van der Waals surface area contributed by atoms with E-state index in [4.69, 9.17) is 19.4 Å². The summed E-state index contributed by atoms with van der Waals surface area (Å²) >= 11 is 1.72. The van der Waals surface area contributed by atoms with Crippen LogP contribution in [0.25, 0.3) is 10.2 Å². The van der Waals surface area contributed by atoms with E-state index in [2.05, 4.69) is 39.6 Å². The highest BCUT2D eigenvalue weighted by Gasteiger charge is 2.32. The second-order valence-electron chi connectivity index (χ2n) is 10.2. The fourth-order valence-electron chi connectivity index (χ4n) is 5.47. The van der Waals surface area contributed by atoms with Crippen molar-refractivity contribution in [2.45, 2.75) is 70.2 Å². The lowest BCUT2D eigenvalue weighted by atomic mass is 9.89. The molecule has 0 bridgehead atoms. The average Bonchev–Trinajstić information content (AvgIpc) is 3.47. The van der Waals surface area contributed by atoms with E-state index < -0.39 is 0 Å². The standard InChI is InChI=1S/C24H33N7O2S/c1-24(2)11-18-19(14-33-24)34-22-20(18)21(29-23(30-22)28-16-12-25-26-13-16)27-15-3-5-17(6-4-15)31-7-9-32-10-8-31/h12-13,15,17H,3-11,14H2,1-2H3,(H,25,26)(H2,27,28,29,30). The van der Waals surface area contributed by atoms with Gasteiger partial charge in [0, 0.05) is 42.7 Å². The minimum Gasteiger partial charge on any atom is -0.379 e. The molecule has 3 aliphatic rings. The number of thiophene rings is 1. The molecular weight excluding hydrogens is 450 g/mol. The predicted molar refractivity (Wildman–Crippen MR) is 134 cm³/mol. The van der Waals surface area contributed by atoms with Crippen molar-refractivity contribution >= 4 is 39.0 Å². The molecule has 0 amide bonds. The van der Waals surface area contributed by atoms with Crippen LogP contribution in [0.5, 0.6) is 0 Å². The number of morpholine rings is 1. The molecule has 3 aromatic rings. The van der Waals surface area contributed by atoms with Crippen LogP contribution < -0.4 is 10.6 Å². The third-order valence-electron chi connectivity index (χ3n) is 7.28. The van der Waals surface area contributed by atoms with E-state index in [1.165, 1.54) is 28.7 Å². The molecule has 9 nitrogen and oxygen atoms in total. The van der Waals surface area contributed by atoms with E-state index in [0.29, 0.717) is 24.6 Å². The first kappa shape index (κ1) is 22.2.